The van der Waals surface area contributed by atoms with Crippen LogP contribution in [0.4, 0.5) is 4.79 Å². The molecule has 5 heteroatoms. The molecule has 0 saturated carbocycles. The van der Waals surface area contributed by atoms with Gasteiger partial charge in [-0.15, -0.1) is 0 Å². The molecule has 0 fully saturated rings. The second-order valence-corrected chi connectivity index (χ2v) is 5.13. The summed E-state index contributed by atoms with van der Waals surface area (Å²) in [6, 6.07) is 7.54. The molecule has 0 aliphatic heterocycles. The number of carbonyl (C=O) groups is 1. The van der Waals surface area contributed by atoms with Gasteiger partial charge >= 0.3 is 6.09 Å². The Balaban J connectivity index is 2.21. The molecule has 0 saturated heterocycles. The topological polar surface area (TPSA) is 73.6 Å². The van der Waals surface area contributed by atoms with Crippen molar-refractivity contribution >= 4 is 6.09 Å². The maximum absolute atomic E-state index is 11.4. The summed E-state index contributed by atoms with van der Waals surface area (Å²) in [5.74, 6) is 0.753. The molecule has 19 heavy (non-hydrogen) atoms. The Morgan fingerprint density at radius 3 is 2.42 bits per heavy atom. The van der Waals surface area contributed by atoms with Gasteiger partial charge in [-0.05, 0) is 38.5 Å². The van der Waals surface area contributed by atoms with Crippen molar-refractivity contribution in [3.8, 4) is 5.75 Å². The molecule has 0 heterocycles. The highest BCUT2D eigenvalue weighted by atomic mass is 16.6. The van der Waals surface area contributed by atoms with Crippen LogP contribution in [0.2, 0.25) is 0 Å². The van der Waals surface area contributed by atoms with Crippen LogP contribution in [0.3, 0.4) is 0 Å². The highest BCUT2D eigenvalue weighted by molar-refractivity contribution is 5.67. The van der Waals surface area contributed by atoms with E-state index in [-0.39, 0.29) is 0 Å². The molecule has 0 unspecified atom stereocenters. The van der Waals surface area contributed by atoms with E-state index in [2.05, 4.69) is 5.32 Å². The van der Waals surface area contributed by atoms with Crippen LogP contribution in [-0.4, -0.2) is 24.8 Å². The van der Waals surface area contributed by atoms with E-state index in [9.17, 15) is 4.79 Å². The summed E-state index contributed by atoms with van der Waals surface area (Å²) < 4.78 is 10.6. The first-order valence-electron chi connectivity index (χ1n) is 6.29. The molecule has 1 aromatic carbocycles. The summed E-state index contributed by atoms with van der Waals surface area (Å²) >= 11 is 0. The van der Waals surface area contributed by atoms with Crippen LogP contribution in [0.1, 0.15) is 26.3 Å². The number of amides is 1. The first kappa shape index (κ1) is 15.3. The Bertz CT molecular complexity index is 396. The second kappa shape index (κ2) is 6.99. The minimum atomic E-state index is -0.483. The number of benzene rings is 1. The third-order valence-corrected chi connectivity index (χ3v) is 2.20. The van der Waals surface area contributed by atoms with E-state index in [1.807, 2.05) is 45.0 Å². The summed E-state index contributed by atoms with van der Waals surface area (Å²) in [5.41, 5.74) is 6.07. The highest BCUT2D eigenvalue weighted by Gasteiger charge is 2.15. The number of hydrogen-bond donors (Lipinski definition) is 2. The third-order valence-electron chi connectivity index (χ3n) is 2.20. The van der Waals surface area contributed by atoms with Crippen molar-refractivity contribution in [2.24, 2.45) is 5.73 Å². The Morgan fingerprint density at radius 1 is 1.26 bits per heavy atom. The maximum atomic E-state index is 11.4. The van der Waals surface area contributed by atoms with Gasteiger partial charge in [-0.3, -0.25) is 0 Å². The minimum Gasteiger partial charge on any atom is -0.492 e. The van der Waals surface area contributed by atoms with Crippen molar-refractivity contribution in [2.45, 2.75) is 32.9 Å². The summed E-state index contributed by atoms with van der Waals surface area (Å²) in [7, 11) is 0. The van der Waals surface area contributed by atoms with Gasteiger partial charge < -0.3 is 20.5 Å². The lowest BCUT2D eigenvalue weighted by Gasteiger charge is -2.19. The summed E-state index contributed by atoms with van der Waals surface area (Å²) in [6.45, 7) is 6.77. The van der Waals surface area contributed by atoms with Crippen LogP contribution >= 0.6 is 0 Å². The molecular weight excluding hydrogens is 244 g/mol. The van der Waals surface area contributed by atoms with E-state index in [1.165, 1.54) is 0 Å². The Labute approximate surface area is 114 Å². The van der Waals surface area contributed by atoms with Crippen LogP contribution < -0.4 is 15.8 Å². The Kier molecular flexibility index (Phi) is 5.63. The summed E-state index contributed by atoms with van der Waals surface area (Å²) in [6.07, 6.45) is -0.436. The Hall–Kier alpha value is -1.75. The lowest BCUT2D eigenvalue weighted by molar-refractivity contribution is 0.0520. The maximum Gasteiger partial charge on any atom is 0.407 e. The van der Waals surface area contributed by atoms with Crippen LogP contribution in [0.15, 0.2) is 24.3 Å². The SMILES string of the molecule is CC(C)(C)OC(=O)NCCOc1ccc(CN)cc1. The molecule has 0 aliphatic carbocycles. The molecule has 1 amide bonds. The van der Waals surface area contributed by atoms with Gasteiger partial charge in [-0.25, -0.2) is 4.79 Å². The lowest BCUT2D eigenvalue weighted by Crippen LogP contribution is -2.34. The van der Waals surface area contributed by atoms with Crippen molar-refractivity contribution in [3.05, 3.63) is 29.8 Å². The van der Waals surface area contributed by atoms with Gasteiger partial charge in [0.25, 0.3) is 0 Å². The predicted octanol–water partition coefficient (Wildman–Crippen LogP) is 2.05. The predicted molar refractivity (Wildman–Crippen MR) is 74.1 cm³/mol. The molecule has 0 spiro atoms. The molecule has 106 valence electrons. The molecule has 0 aromatic heterocycles. The van der Waals surface area contributed by atoms with Gasteiger partial charge in [0.15, 0.2) is 0 Å². The first-order valence-corrected chi connectivity index (χ1v) is 6.29. The van der Waals surface area contributed by atoms with Crippen molar-refractivity contribution in [1.29, 1.82) is 0 Å². The molecular formula is C14H22N2O3. The van der Waals surface area contributed by atoms with E-state index in [0.717, 1.165) is 11.3 Å². The molecule has 5 nitrogen and oxygen atoms in total. The zero-order valence-corrected chi connectivity index (χ0v) is 11.7. The van der Waals surface area contributed by atoms with E-state index < -0.39 is 11.7 Å². The number of alkyl carbamates (subject to hydrolysis) is 1. The minimum absolute atomic E-state index is 0.390. The van der Waals surface area contributed by atoms with Gasteiger partial charge in [0.2, 0.25) is 0 Å². The fraction of sp³-hybridized carbons (Fsp3) is 0.500. The number of nitrogens with one attached hydrogen (secondary N) is 1. The third kappa shape index (κ3) is 6.67. The van der Waals surface area contributed by atoms with E-state index in [4.69, 9.17) is 15.2 Å². The highest BCUT2D eigenvalue weighted by Crippen LogP contribution is 2.11. The smallest absolute Gasteiger partial charge is 0.407 e. The standard InChI is InChI=1S/C14H22N2O3/c1-14(2,3)19-13(17)16-8-9-18-12-6-4-11(10-15)5-7-12/h4-7H,8-10,15H2,1-3H3,(H,16,17). The van der Waals surface area contributed by atoms with Gasteiger partial charge in [0, 0.05) is 6.54 Å². The van der Waals surface area contributed by atoms with Crippen molar-refractivity contribution in [2.75, 3.05) is 13.2 Å². The van der Waals surface area contributed by atoms with Gasteiger partial charge in [0.1, 0.15) is 18.0 Å². The average molecular weight is 266 g/mol. The average Bonchev–Trinajstić information content (AvgIpc) is 2.33. The number of hydrogen-bond acceptors (Lipinski definition) is 4. The van der Waals surface area contributed by atoms with E-state index in [0.29, 0.717) is 19.7 Å². The Morgan fingerprint density at radius 2 is 1.89 bits per heavy atom. The quantitative estimate of drug-likeness (QED) is 0.800. The molecule has 3 N–H and O–H groups in total. The van der Waals surface area contributed by atoms with Crippen LogP contribution in [-0.2, 0) is 11.3 Å². The fourth-order valence-corrected chi connectivity index (χ4v) is 1.36. The number of nitrogens with two attached hydrogens (primary N) is 1. The number of carbonyl (C=O) groups excluding carboxylic acids is 1. The van der Waals surface area contributed by atoms with Crippen molar-refractivity contribution in [1.82, 2.24) is 5.32 Å². The summed E-state index contributed by atoms with van der Waals surface area (Å²) in [5, 5.41) is 2.63. The van der Waals surface area contributed by atoms with Crippen LogP contribution in [0.5, 0.6) is 5.75 Å². The molecule has 0 aliphatic rings. The van der Waals surface area contributed by atoms with Crippen LogP contribution in [0.25, 0.3) is 0 Å². The molecule has 0 radical (unpaired) electrons. The monoisotopic (exact) mass is 266 g/mol. The number of ether oxygens (including phenoxy) is 2. The van der Waals surface area contributed by atoms with E-state index in [1.54, 1.807) is 0 Å². The normalized spacial score (nSPS) is 10.9. The molecule has 1 rings (SSSR count). The van der Waals surface area contributed by atoms with Gasteiger partial charge in [-0.1, -0.05) is 12.1 Å². The molecule has 1 aromatic rings. The second-order valence-electron chi connectivity index (χ2n) is 5.13. The van der Waals surface area contributed by atoms with Gasteiger partial charge in [0.05, 0.1) is 6.54 Å². The molecule has 0 atom stereocenters. The largest absolute Gasteiger partial charge is 0.492 e. The zero-order valence-electron chi connectivity index (χ0n) is 11.7. The molecule has 0 bridgehead atoms. The van der Waals surface area contributed by atoms with Gasteiger partial charge in [-0.2, -0.15) is 0 Å². The van der Waals surface area contributed by atoms with Crippen molar-refractivity contribution in [3.63, 3.8) is 0 Å². The summed E-state index contributed by atoms with van der Waals surface area (Å²) in [4.78, 5) is 11.4. The fourth-order valence-electron chi connectivity index (χ4n) is 1.36. The van der Waals surface area contributed by atoms with E-state index >= 15 is 0 Å². The first-order chi connectivity index (χ1) is 8.90. The van der Waals surface area contributed by atoms with Crippen molar-refractivity contribution < 1.29 is 14.3 Å². The zero-order chi connectivity index (χ0) is 14.3. The number of rotatable bonds is 5. The van der Waals surface area contributed by atoms with Crippen LogP contribution in [0, 0.1) is 0 Å². The lowest BCUT2D eigenvalue weighted by atomic mass is 10.2.